The van der Waals surface area contributed by atoms with Crippen molar-refractivity contribution in [3.8, 4) is 100 Å². The SMILES string of the molecule is Cc1ccc(-c2ccc3c(c2)C(C)(C)c2cc(-c4ccc5c(c4)C(C)(C)c4cc(-c6ccc7c(c6)C(C)(C)c6cc(-c8ccc9c(c8)C(C)(C)c8cc(-c%10ccc(C)cc%10)ccc8-9)ccc6-7)ccc4-5)ccc2-3)cc1. The van der Waals surface area contributed by atoms with Crippen LogP contribution >= 0.6 is 0 Å². The third-order valence-corrected chi connectivity index (χ3v) is 18.5. The van der Waals surface area contributed by atoms with Crippen LogP contribution in [0.15, 0.2) is 194 Å². The summed E-state index contributed by atoms with van der Waals surface area (Å²) < 4.78 is 0. The van der Waals surface area contributed by atoms with Crippen LogP contribution in [0, 0.1) is 13.8 Å². The summed E-state index contributed by atoms with van der Waals surface area (Å²) >= 11 is 0. The topological polar surface area (TPSA) is 0 Å². The van der Waals surface area contributed by atoms with E-state index in [-0.39, 0.29) is 21.7 Å². The molecule has 0 spiro atoms. The largest absolute Gasteiger partial charge is 0.0587 e. The molecule has 0 amide bonds. The number of hydrogen-bond acceptors (Lipinski definition) is 0. The molecule has 0 saturated heterocycles. The van der Waals surface area contributed by atoms with E-state index in [4.69, 9.17) is 0 Å². The minimum absolute atomic E-state index is 0.106. The number of rotatable bonds is 5. The van der Waals surface area contributed by atoms with Gasteiger partial charge >= 0.3 is 0 Å². The minimum atomic E-state index is -0.155. The Kier molecular flexibility index (Phi) is 9.32. The highest BCUT2D eigenvalue weighted by atomic mass is 14.4. The molecule has 0 heteroatoms. The van der Waals surface area contributed by atoms with E-state index in [1.165, 1.54) is 156 Å². The molecule has 4 aliphatic carbocycles. The van der Waals surface area contributed by atoms with Gasteiger partial charge in [0.15, 0.2) is 0 Å². The molecule has 0 atom stereocenters. The Bertz CT molecular complexity index is 3780. The van der Waals surface area contributed by atoms with Crippen LogP contribution in [0.1, 0.15) is 111 Å². The highest BCUT2D eigenvalue weighted by molar-refractivity contribution is 5.92. The molecule has 74 heavy (non-hydrogen) atoms. The van der Waals surface area contributed by atoms with Crippen LogP contribution in [0.25, 0.3) is 100 Å². The lowest BCUT2D eigenvalue weighted by atomic mass is 9.79. The van der Waals surface area contributed by atoms with Gasteiger partial charge in [0.05, 0.1) is 0 Å². The summed E-state index contributed by atoms with van der Waals surface area (Å²) in [5.74, 6) is 0. The summed E-state index contributed by atoms with van der Waals surface area (Å²) in [5.41, 5.74) is 36.9. The Hall–Kier alpha value is -7.80. The van der Waals surface area contributed by atoms with Crippen molar-refractivity contribution >= 4 is 0 Å². The maximum Gasteiger partial charge on any atom is 0.0159 e. The molecule has 0 nitrogen and oxygen atoms in total. The summed E-state index contributed by atoms with van der Waals surface area (Å²) in [6, 6.07) is 75.2. The van der Waals surface area contributed by atoms with Crippen molar-refractivity contribution in [2.75, 3.05) is 0 Å². The number of fused-ring (bicyclic) bond motifs is 12. The van der Waals surface area contributed by atoms with Crippen molar-refractivity contribution in [2.24, 2.45) is 0 Å². The molecule has 10 aromatic carbocycles. The van der Waals surface area contributed by atoms with Gasteiger partial charge in [0.2, 0.25) is 0 Å². The molecule has 0 fully saturated rings. The smallest absolute Gasteiger partial charge is 0.0159 e. The molecule has 0 N–H and O–H groups in total. The first-order chi connectivity index (χ1) is 35.5. The highest BCUT2D eigenvalue weighted by Gasteiger charge is 2.40. The predicted octanol–water partition coefficient (Wildman–Crippen LogP) is 19.9. The summed E-state index contributed by atoms with van der Waals surface area (Å²) in [6.45, 7) is 23.6. The zero-order valence-electron chi connectivity index (χ0n) is 44.5. The van der Waals surface area contributed by atoms with Crippen molar-refractivity contribution < 1.29 is 0 Å². The standard InChI is InChI=1S/C74H62/c1-43-11-15-45(16-12-43)47-19-27-55-57-29-21-49(37-65(57)71(3,4)63(55)35-47)51-23-31-59-61-33-25-53(41-69(61)73(7,8)67(59)39-51)54-26-34-62-60-32-24-52(40-68(60)74(9,10)70(62)42-54)50-22-30-58-56-28-20-48(46-17-13-44(2)14-18-46)36-64(56)72(5,6)66(58)38-50/h11-42H,1-10H3. The second-order valence-corrected chi connectivity index (χ2v) is 24.3. The fraction of sp³-hybridized carbons (Fsp3) is 0.189. The van der Waals surface area contributed by atoms with E-state index in [1.807, 2.05) is 0 Å². The van der Waals surface area contributed by atoms with E-state index in [0.29, 0.717) is 0 Å². The van der Waals surface area contributed by atoms with Gasteiger partial charge in [0, 0.05) is 21.7 Å². The number of hydrogen-bond donors (Lipinski definition) is 0. The van der Waals surface area contributed by atoms with Gasteiger partial charge in [-0.2, -0.15) is 0 Å². The molecule has 0 unspecified atom stereocenters. The van der Waals surface area contributed by atoms with E-state index < -0.39 is 0 Å². The molecule has 0 saturated carbocycles. The average molecular weight is 951 g/mol. The normalized spacial score (nSPS) is 15.9. The van der Waals surface area contributed by atoms with Crippen molar-refractivity contribution in [1.82, 2.24) is 0 Å². The third-order valence-electron chi connectivity index (χ3n) is 18.5. The fourth-order valence-electron chi connectivity index (χ4n) is 13.9. The fourth-order valence-corrected chi connectivity index (χ4v) is 13.9. The quantitative estimate of drug-likeness (QED) is 0.161. The van der Waals surface area contributed by atoms with Gasteiger partial charge in [-0.3, -0.25) is 0 Å². The van der Waals surface area contributed by atoms with Gasteiger partial charge in [0.25, 0.3) is 0 Å². The van der Waals surface area contributed by atoms with E-state index in [2.05, 4.69) is 263 Å². The van der Waals surface area contributed by atoms with Crippen LogP contribution in [0.3, 0.4) is 0 Å². The summed E-state index contributed by atoms with van der Waals surface area (Å²) in [7, 11) is 0. The molecule has 14 rings (SSSR count). The van der Waals surface area contributed by atoms with Gasteiger partial charge in [0.1, 0.15) is 0 Å². The molecule has 0 heterocycles. The molecular weight excluding hydrogens is 889 g/mol. The van der Waals surface area contributed by atoms with Crippen molar-refractivity contribution in [3.63, 3.8) is 0 Å². The molecular formula is C74H62. The van der Waals surface area contributed by atoms with Gasteiger partial charge in [-0.1, -0.05) is 212 Å². The molecule has 358 valence electrons. The molecule has 0 bridgehead atoms. The van der Waals surface area contributed by atoms with Gasteiger partial charge in [-0.05, 0) is 207 Å². The summed E-state index contributed by atoms with van der Waals surface area (Å²) in [5, 5.41) is 0. The van der Waals surface area contributed by atoms with Crippen LogP contribution < -0.4 is 0 Å². The molecule has 4 aliphatic rings. The third kappa shape index (κ3) is 6.40. The van der Waals surface area contributed by atoms with Gasteiger partial charge in [-0.25, -0.2) is 0 Å². The second-order valence-electron chi connectivity index (χ2n) is 24.3. The molecule has 0 aliphatic heterocycles. The maximum atomic E-state index is 2.49. The van der Waals surface area contributed by atoms with Crippen molar-refractivity contribution in [3.05, 3.63) is 250 Å². The Morgan fingerprint density at radius 2 is 0.311 bits per heavy atom. The first-order valence-corrected chi connectivity index (χ1v) is 26.8. The van der Waals surface area contributed by atoms with Crippen LogP contribution in [0.2, 0.25) is 0 Å². The van der Waals surface area contributed by atoms with Crippen LogP contribution in [-0.4, -0.2) is 0 Å². The molecule has 10 aromatic rings. The lowest BCUT2D eigenvalue weighted by Crippen LogP contribution is -2.16. The van der Waals surface area contributed by atoms with Crippen LogP contribution in [0.4, 0.5) is 0 Å². The molecule has 0 radical (unpaired) electrons. The lowest BCUT2D eigenvalue weighted by Gasteiger charge is -2.24. The Labute approximate surface area is 438 Å². The summed E-state index contributed by atoms with van der Waals surface area (Å²) in [6.07, 6.45) is 0. The molecule has 0 aromatic heterocycles. The van der Waals surface area contributed by atoms with Crippen molar-refractivity contribution in [2.45, 2.75) is 90.9 Å². The first-order valence-electron chi connectivity index (χ1n) is 26.8. The van der Waals surface area contributed by atoms with Crippen LogP contribution in [0.5, 0.6) is 0 Å². The number of aryl methyl sites for hydroxylation is 2. The average Bonchev–Trinajstić information content (AvgIpc) is 3.97. The Balaban J connectivity index is 0.739. The van der Waals surface area contributed by atoms with E-state index in [1.54, 1.807) is 0 Å². The maximum absolute atomic E-state index is 2.49. The predicted molar refractivity (Wildman–Crippen MR) is 313 cm³/mol. The number of benzene rings is 10. The highest BCUT2D eigenvalue weighted by Crippen LogP contribution is 2.56. The van der Waals surface area contributed by atoms with E-state index >= 15 is 0 Å². The summed E-state index contributed by atoms with van der Waals surface area (Å²) in [4.78, 5) is 0. The second kappa shape index (κ2) is 15.4. The zero-order chi connectivity index (χ0) is 50.8. The Morgan fingerprint density at radius 3 is 0.473 bits per heavy atom. The minimum Gasteiger partial charge on any atom is -0.0587 e. The Morgan fingerprint density at radius 1 is 0.176 bits per heavy atom. The monoisotopic (exact) mass is 950 g/mol. The van der Waals surface area contributed by atoms with Gasteiger partial charge < -0.3 is 0 Å². The lowest BCUT2D eigenvalue weighted by molar-refractivity contribution is 0.659. The van der Waals surface area contributed by atoms with Crippen LogP contribution in [-0.2, 0) is 21.7 Å². The van der Waals surface area contributed by atoms with E-state index in [0.717, 1.165) is 0 Å². The first kappa shape index (κ1) is 44.9. The van der Waals surface area contributed by atoms with E-state index in [9.17, 15) is 0 Å². The van der Waals surface area contributed by atoms with Gasteiger partial charge in [-0.15, -0.1) is 0 Å². The zero-order valence-corrected chi connectivity index (χ0v) is 44.5. The van der Waals surface area contributed by atoms with Crippen molar-refractivity contribution in [1.29, 1.82) is 0 Å².